The number of carbonyl (C=O) groups excluding carboxylic acids is 1. The molecule has 0 spiro atoms. The Morgan fingerprint density at radius 3 is 2.47 bits per heavy atom. The van der Waals surface area contributed by atoms with Crippen molar-refractivity contribution in [3.63, 3.8) is 0 Å². The summed E-state index contributed by atoms with van der Waals surface area (Å²) in [5, 5.41) is -0.0631. The third-order valence-corrected chi connectivity index (χ3v) is 5.77. The first kappa shape index (κ1) is 23.4. The van der Waals surface area contributed by atoms with Crippen LogP contribution >= 0.6 is 0 Å². The highest BCUT2D eigenvalue weighted by Crippen LogP contribution is 2.34. The van der Waals surface area contributed by atoms with E-state index in [1.807, 2.05) is 0 Å². The molecule has 2 aromatic carbocycles. The van der Waals surface area contributed by atoms with Gasteiger partial charge in [-0.1, -0.05) is 0 Å². The lowest BCUT2D eigenvalue weighted by atomic mass is 10.0. The zero-order valence-electron chi connectivity index (χ0n) is 19.1. The van der Waals surface area contributed by atoms with E-state index in [4.69, 9.17) is 4.74 Å². The number of aryl methyl sites for hydroxylation is 1. The molecule has 3 aromatic heterocycles. The Morgan fingerprint density at radius 1 is 0.972 bits per heavy atom. The number of fused-ring (bicyclic) bond motifs is 2. The Balaban J connectivity index is 1.86. The molecule has 0 aliphatic rings. The number of pyridine rings is 2. The van der Waals surface area contributed by atoms with E-state index >= 15 is 0 Å². The molecule has 0 N–H and O–H groups in total. The second-order valence-corrected chi connectivity index (χ2v) is 7.96. The first-order valence-corrected chi connectivity index (χ1v) is 11.0. The summed E-state index contributed by atoms with van der Waals surface area (Å²) in [6, 6.07) is 9.43. The maximum atomic E-state index is 14.9. The van der Waals surface area contributed by atoms with Crippen molar-refractivity contribution in [3.05, 3.63) is 83.6 Å². The van der Waals surface area contributed by atoms with Gasteiger partial charge in [-0.3, -0.25) is 14.5 Å². The van der Waals surface area contributed by atoms with E-state index in [9.17, 15) is 22.4 Å². The lowest BCUT2D eigenvalue weighted by molar-refractivity contribution is 0.0528. The molecule has 6 nitrogen and oxygen atoms in total. The van der Waals surface area contributed by atoms with Gasteiger partial charge in [0.15, 0.2) is 0 Å². The summed E-state index contributed by atoms with van der Waals surface area (Å²) in [4.78, 5) is 25.1. The smallest absolute Gasteiger partial charge is 0.340 e. The molecule has 0 aliphatic heterocycles. The molecule has 0 radical (unpaired) electrons. The van der Waals surface area contributed by atoms with E-state index in [-0.39, 0.29) is 34.3 Å². The summed E-state index contributed by atoms with van der Waals surface area (Å²) in [6.45, 7) is 3.41. The average molecular weight is 494 g/mol. The zero-order valence-corrected chi connectivity index (χ0v) is 19.1. The van der Waals surface area contributed by atoms with Crippen molar-refractivity contribution in [2.45, 2.75) is 20.3 Å². The first-order valence-electron chi connectivity index (χ1n) is 11.0. The maximum Gasteiger partial charge on any atom is 0.340 e. The minimum atomic E-state index is -2.79. The number of benzene rings is 2. The van der Waals surface area contributed by atoms with Crippen LogP contribution in [-0.4, -0.2) is 32.1 Å². The van der Waals surface area contributed by atoms with Gasteiger partial charge >= 0.3 is 5.97 Å². The summed E-state index contributed by atoms with van der Waals surface area (Å²) < 4.78 is 62.8. The van der Waals surface area contributed by atoms with E-state index in [0.717, 1.165) is 12.1 Å². The Kier molecular flexibility index (Phi) is 5.87. The van der Waals surface area contributed by atoms with Gasteiger partial charge in [-0.15, -0.1) is 0 Å². The van der Waals surface area contributed by atoms with Gasteiger partial charge in [0.25, 0.3) is 6.43 Å². The summed E-state index contributed by atoms with van der Waals surface area (Å²) in [5.74, 6) is -1.66. The van der Waals surface area contributed by atoms with Gasteiger partial charge in [0.1, 0.15) is 34.2 Å². The van der Waals surface area contributed by atoms with Crippen LogP contribution in [0, 0.1) is 18.6 Å². The van der Waals surface area contributed by atoms with Gasteiger partial charge in [0, 0.05) is 12.4 Å². The second kappa shape index (κ2) is 9.03. The lowest BCUT2D eigenvalue weighted by Gasteiger charge is -2.13. The number of ether oxygens (including phenoxy) is 1. The molecule has 0 amide bonds. The number of hydrogen-bond donors (Lipinski definition) is 0. The number of carbonyl (C=O) groups is 1. The van der Waals surface area contributed by atoms with Crippen LogP contribution in [0.15, 0.2) is 54.9 Å². The fraction of sp³-hybridized carbons (Fsp3) is 0.154. The van der Waals surface area contributed by atoms with Crippen molar-refractivity contribution in [1.82, 2.24) is 19.5 Å². The number of esters is 1. The molecular formula is C26H18F4N4O2. The van der Waals surface area contributed by atoms with Gasteiger partial charge in [-0.05, 0) is 67.4 Å². The van der Waals surface area contributed by atoms with Crippen molar-refractivity contribution in [3.8, 4) is 16.8 Å². The SMILES string of the molecule is CCOC(=O)c1cc(-c2ccnc(C(F)F)c2)cc2c1nc(C)n2-c1ccnc2c(F)ccc(F)c12. The minimum absolute atomic E-state index is 0.0631. The number of halogens is 4. The van der Waals surface area contributed by atoms with Crippen LogP contribution < -0.4 is 0 Å². The van der Waals surface area contributed by atoms with Crippen molar-refractivity contribution in [1.29, 1.82) is 0 Å². The monoisotopic (exact) mass is 494 g/mol. The molecule has 0 fully saturated rings. The molecule has 3 heterocycles. The highest BCUT2D eigenvalue weighted by molar-refractivity contribution is 6.05. The van der Waals surface area contributed by atoms with Gasteiger partial charge in [0.2, 0.25) is 0 Å². The highest BCUT2D eigenvalue weighted by Gasteiger charge is 2.23. The summed E-state index contributed by atoms with van der Waals surface area (Å²) in [7, 11) is 0. The Hall–Kier alpha value is -4.34. The third kappa shape index (κ3) is 3.84. The summed E-state index contributed by atoms with van der Waals surface area (Å²) in [5.41, 5.74) is 1.22. The Morgan fingerprint density at radius 2 is 1.72 bits per heavy atom. The van der Waals surface area contributed by atoms with Crippen LogP contribution in [0.3, 0.4) is 0 Å². The summed E-state index contributed by atoms with van der Waals surface area (Å²) in [6.07, 6.45) is -0.186. The molecule has 182 valence electrons. The number of alkyl halides is 2. The fourth-order valence-corrected chi connectivity index (χ4v) is 4.24. The predicted octanol–water partition coefficient (Wildman–Crippen LogP) is 6.34. The maximum absolute atomic E-state index is 14.9. The van der Waals surface area contributed by atoms with E-state index in [2.05, 4.69) is 15.0 Å². The second-order valence-electron chi connectivity index (χ2n) is 7.96. The van der Waals surface area contributed by atoms with Crippen LogP contribution in [0.4, 0.5) is 17.6 Å². The third-order valence-electron chi connectivity index (χ3n) is 5.77. The number of imidazole rings is 1. The zero-order chi connectivity index (χ0) is 25.6. The number of rotatable bonds is 5. The largest absolute Gasteiger partial charge is 0.462 e. The van der Waals surface area contributed by atoms with Gasteiger partial charge in [-0.2, -0.15) is 0 Å². The van der Waals surface area contributed by atoms with Crippen LogP contribution in [0.25, 0.3) is 38.8 Å². The van der Waals surface area contributed by atoms with E-state index < -0.39 is 29.7 Å². The van der Waals surface area contributed by atoms with E-state index in [1.165, 1.54) is 36.7 Å². The molecule has 5 aromatic rings. The minimum Gasteiger partial charge on any atom is -0.462 e. The van der Waals surface area contributed by atoms with Gasteiger partial charge in [0.05, 0.1) is 28.8 Å². The van der Waals surface area contributed by atoms with Crippen molar-refractivity contribution < 1.29 is 27.1 Å². The molecule has 36 heavy (non-hydrogen) atoms. The van der Waals surface area contributed by atoms with E-state index in [0.29, 0.717) is 22.5 Å². The van der Waals surface area contributed by atoms with Crippen molar-refractivity contribution in [2.75, 3.05) is 6.61 Å². The molecule has 5 rings (SSSR count). The quantitative estimate of drug-likeness (QED) is 0.211. The topological polar surface area (TPSA) is 69.9 Å². The highest BCUT2D eigenvalue weighted by atomic mass is 19.3. The van der Waals surface area contributed by atoms with Crippen LogP contribution in [-0.2, 0) is 4.74 Å². The van der Waals surface area contributed by atoms with Gasteiger partial charge < -0.3 is 4.74 Å². The molecule has 0 bridgehead atoms. The Bertz CT molecular complexity index is 1650. The van der Waals surface area contributed by atoms with Crippen LogP contribution in [0.1, 0.15) is 35.2 Å². The molecule has 0 aliphatic carbocycles. The van der Waals surface area contributed by atoms with Crippen molar-refractivity contribution >= 4 is 27.9 Å². The Labute approximate surface area is 202 Å². The molecular weight excluding hydrogens is 476 g/mol. The first-order chi connectivity index (χ1) is 17.3. The molecule has 0 saturated carbocycles. The number of aromatic nitrogens is 4. The van der Waals surface area contributed by atoms with Crippen LogP contribution in [0.5, 0.6) is 0 Å². The molecule has 10 heteroatoms. The van der Waals surface area contributed by atoms with Crippen molar-refractivity contribution in [2.24, 2.45) is 0 Å². The lowest BCUT2D eigenvalue weighted by Crippen LogP contribution is -2.06. The average Bonchev–Trinajstić information content (AvgIpc) is 3.21. The number of nitrogens with zero attached hydrogens (tertiary/aromatic N) is 4. The molecule has 0 atom stereocenters. The van der Waals surface area contributed by atoms with E-state index in [1.54, 1.807) is 24.5 Å². The predicted molar refractivity (Wildman–Crippen MR) is 125 cm³/mol. The fourth-order valence-electron chi connectivity index (χ4n) is 4.24. The van der Waals surface area contributed by atoms with Gasteiger partial charge in [-0.25, -0.2) is 27.3 Å². The summed E-state index contributed by atoms with van der Waals surface area (Å²) >= 11 is 0. The molecule has 0 unspecified atom stereocenters. The standard InChI is InChI=1S/C26H18F4N4O2/c1-3-36-26(35)16-10-15(14-6-8-31-19(11-14)25(29)30)12-21-23(16)33-13(2)34(21)20-7-9-32-24-18(28)5-4-17(27)22(20)24/h4-12,25H,3H2,1-2H3. The number of hydrogen-bond acceptors (Lipinski definition) is 5. The van der Waals surface area contributed by atoms with Crippen LogP contribution in [0.2, 0.25) is 0 Å². The molecule has 0 saturated heterocycles. The normalized spacial score (nSPS) is 11.5.